The van der Waals surface area contributed by atoms with Crippen LogP contribution < -0.4 is 0 Å². The molecule has 0 atom stereocenters. The van der Waals surface area contributed by atoms with E-state index in [1.165, 1.54) is 10.8 Å². The van der Waals surface area contributed by atoms with E-state index >= 15 is 0 Å². The van der Waals surface area contributed by atoms with Crippen molar-refractivity contribution in [2.45, 2.75) is 13.1 Å². The van der Waals surface area contributed by atoms with Crippen molar-refractivity contribution in [3.8, 4) is 0 Å². The molecule has 0 saturated heterocycles. The summed E-state index contributed by atoms with van der Waals surface area (Å²) in [5.74, 6) is 0. The van der Waals surface area contributed by atoms with Gasteiger partial charge in [0.1, 0.15) is 0 Å². The maximum atomic E-state index is 2.21. The van der Waals surface area contributed by atoms with Crippen LogP contribution in [-0.4, -0.2) is 9.52 Å². The van der Waals surface area contributed by atoms with Crippen LogP contribution >= 0.6 is 0 Å². The zero-order valence-electron chi connectivity index (χ0n) is 11.0. The molecule has 0 aromatic heterocycles. The van der Waals surface area contributed by atoms with E-state index in [1.54, 1.807) is 0 Å². The Labute approximate surface area is 132 Å². The van der Waals surface area contributed by atoms with Crippen molar-refractivity contribution in [3.63, 3.8) is 0 Å². The van der Waals surface area contributed by atoms with Gasteiger partial charge >= 0.3 is 26.2 Å². The maximum Gasteiger partial charge on any atom is 2.00 e. The molecule has 2 heteroatoms. The molecule has 0 nitrogen and oxygen atoms in total. The van der Waals surface area contributed by atoms with Crippen LogP contribution in [-0.2, 0) is 26.2 Å². The second kappa shape index (κ2) is 11.4. The summed E-state index contributed by atoms with van der Waals surface area (Å²) in [6, 6.07) is 24.7. The van der Waals surface area contributed by atoms with Crippen molar-refractivity contribution in [3.05, 3.63) is 72.8 Å². The van der Waals surface area contributed by atoms with Crippen LogP contribution in [0.5, 0.6) is 0 Å². The Morgan fingerprint density at radius 2 is 1.44 bits per heavy atom. The fourth-order valence-corrected chi connectivity index (χ4v) is 1.39. The molecular weight excluding hydrogens is 311 g/mol. The summed E-state index contributed by atoms with van der Waals surface area (Å²) in [6.07, 6.45) is 0. The molecule has 3 aromatic carbocycles. The quantitative estimate of drug-likeness (QED) is 0.421. The van der Waals surface area contributed by atoms with Gasteiger partial charge in [0.25, 0.3) is 0 Å². The van der Waals surface area contributed by atoms with Crippen molar-refractivity contribution in [1.82, 2.24) is 0 Å². The van der Waals surface area contributed by atoms with Gasteiger partial charge in [0.2, 0.25) is 0 Å². The van der Waals surface area contributed by atoms with E-state index in [-0.39, 0.29) is 26.2 Å². The van der Waals surface area contributed by atoms with Crippen molar-refractivity contribution >= 4 is 20.3 Å². The normalized spacial score (nSPS) is 8.33. The fourth-order valence-electron chi connectivity index (χ4n) is 1.39. The predicted molar refractivity (Wildman–Crippen MR) is 80.5 cm³/mol. The number of rotatable bonds is 0. The fraction of sp³-hybridized carbons (Fsp3) is 0.125. The summed E-state index contributed by atoms with van der Waals surface area (Å²) < 4.78 is 0. The molecule has 3 rings (SSSR count). The Hall–Kier alpha value is -0.720. The van der Waals surface area contributed by atoms with E-state index in [1.807, 2.05) is 30.3 Å². The Balaban J connectivity index is 0.000000277. The molecule has 0 saturated carbocycles. The molecule has 0 heterocycles. The van der Waals surface area contributed by atoms with Crippen LogP contribution in [0.2, 0.25) is 13.1 Å². The van der Waals surface area contributed by atoms with Gasteiger partial charge in [0, 0.05) is 9.52 Å². The van der Waals surface area contributed by atoms with Gasteiger partial charge in [0.15, 0.2) is 0 Å². The molecule has 0 aliphatic carbocycles. The second-order valence-corrected chi connectivity index (χ2v) is 4.85. The zero-order chi connectivity index (χ0) is 12.3. The number of hydrogen-bond acceptors (Lipinski definition) is 0. The Bertz CT molecular complexity index is 435. The molecule has 0 spiro atoms. The first-order chi connectivity index (χ1) is 8.38. The molecule has 91 valence electrons. The summed E-state index contributed by atoms with van der Waals surface area (Å²) >= 11 is 0. The number of fused-ring (bicyclic) bond motifs is 1. The molecule has 0 fully saturated rings. The van der Waals surface area contributed by atoms with Gasteiger partial charge < -0.3 is 0 Å². The van der Waals surface area contributed by atoms with Crippen LogP contribution in [0.4, 0.5) is 0 Å². The van der Waals surface area contributed by atoms with Crippen molar-refractivity contribution in [2.24, 2.45) is 0 Å². The van der Waals surface area contributed by atoms with Crippen molar-refractivity contribution in [2.75, 3.05) is 0 Å². The first kappa shape index (κ1) is 17.3. The third-order valence-corrected chi connectivity index (χ3v) is 2.10. The van der Waals surface area contributed by atoms with E-state index in [4.69, 9.17) is 0 Å². The average molecular weight is 331 g/mol. The van der Waals surface area contributed by atoms with Crippen molar-refractivity contribution in [1.29, 1.82) is 0 Å². The zero-order valence-corrected chi connectivity index (χ0v) is 14.6. The summed E-state index contributed by atoms with van der Waals surface area (Å²) in [6.45, 7) is 4.42. The monoisotopic (exact) mass is 329 g/mol. The van der Waals surface area contributed by atoms with E-state index in [9.17, 15) is 0 Å². The molecule has 0 amide bonds. The molecule has 0 bridgehead atoms. The van der Waals surface area contributed by atoms with Crippen LogP contribution in [0, 0.1) is 0 Å². The molecule has 0 aliphatic rings. The van der Waals surface area contributed by atoms with Gasteiger partial charge in [-0.2, -0.15) is 35.7 Å². The van der Waals surface area contributed by atoms with Gasteiger partial charge in [-0.05, 0) is 0 Å². The number of hydrogen-bond donors (Lipinski definition) is 0. The maximum absolute atomic E-state index is 2.21. The smallest absolute Gasteiger partial charge is 0.214 e. The van der Waals surface area contributed by atoms with Gasteiger partial charge in [-0.3, -0.25) is 0 Å². The van der Waals surface area contributed by atoms with Crippen LogP contribution in [0.25, 0.3) is 10.8 Å². The molecule has 3 aromatic rings. The molecule has 0 aliphatic heterocycles. The van der Waals surface area contributed by atoms with Gasteiger partial charge in [-0.1, -0.05) is 19.2 Å². The minimum atomic E-state index is 0. The van der Waals surface area contributed by atoms with E-state index in [2.05, 4.69) is 55.6 Å². The molecule has 0 N–H and O–H groups in total. The standard InChI is InChI=1S/C9H7.C5H5.C2H7Si.Zr/c1-2-5-9-7-3-6-8(9)4-1;1-2-4-5-3-1;1-3-2;/h1-7H;1-5H;3H,1-2H3;/q2*-1;;+2. The Morgan fingerprint density at radius 1 is 0.833 bits per heavy atom. The minimum Gasteiger partial charge on any atom is -0.214 e. The summed E-state index contributed by atoms with van der Waals surface area (Å²) in [7, 11) is 0.750. The molecule has 0 unspecified atom stereocenters. The summed E-state index contributed by atoms with van der Waals surface area (Å²) in [5.41, 5.74) is 0. The average Bonchev–Trinajstić information content (AvgIpc) is 3.05. The molecule has 1 radical (unpaired) electrons. The predicted octanol–water partition coefficient (Wildman–Crippen LogP) is 4.48. The van der Waals surface area contributed by atoms with E-state index in [0.29, 0.717) is 0 Å². The largest absolute Gasteiger partial charge is 2.00 e. The van der Waals surface area contributed by atoms with Gasteiger partial charge in [0.05, 0.1) is 0 Å². The molecular formula is C16H19SiZr. The summed E-state index contributed by atoms with van der Waals surface area (Å²) in [4.78, 5) is 0. The van der Waals surface area contributed by atoms with Crippen LogP contribution in [0.15, 0.2) is 72.8 Å². The van der Waals surface area contributed by atoms with Crippen LogP contribution in [0.3, 0.4) is 0 Å². The first-order valence-corrected chi connectivity index (χ1v) is 8.20. The van der Waals surface area contributed by atoms with E-state index < -0.39 is 0 Å². The third-order valence-electron chi connectivity index (χ3n) is 2.10. The molecule has 18 heavy (non-hydrogen) atoms. The van der Waals surface area contributed by atoms with Crippen LogP contribution in [0.1, 0.15) is 0 Å². The topological polar surface area (TPSA) is 0 Å². The first-order valence-electron chi connectivity index (χ1n) is 5.89. The Kier molecular flexibility index (Phi) is 10.9. The third kappa shape index (κ3) is 6.88. The van der Waals surface area contributed by atoms with Gasteiger partial charge in [-0.25, -0.2) is 12.1 Å². The van der Waals surface area contributed by atoms with Crippen molar-refractivity contribution < 1.29 is 26.2 Å². The van der Waals surface area contributed by atoms with E-state index in [0.717, 1.165) is 9.52 Å². The SMILES string of the molecule is C[SiH]C.[Zr+2].c1cc[cH-]c1.c1ccc2[cH-]ccc2c1. The van der Waals surface area contributed by atoms with Gasteiger partial charge in [-0.15, -0.1) is 29.7 Å². The number of benzene rings is 1. The Morgan fingerprint density at radius 3 is 1.94 bits per heavy atom. The second-order valence-electron chi connectivity index (χ2n) is 3.69. The summed E-state index contributed by atoms with van der Waals surface area (Å²) in [5, 5.41) is 2.66. The minimum absolute atomic E-state index is 0.